The first-order chi connectivity index (χ1) is 9.54. The van der Waals surface area contributed by atoms with Crippen molar-refractivity contribution >= 4 is 11.7 Å². The van der Waals surface area contributed by atoms with E-state index in [1.54, 1.807) is 0 Å². The van der Waals surface area contributed by atoms with Crippen molar-refractivity contribution in [1.29, 1.82) is 5.41 Å². The van der Waals surface area contributed by atoms with E-state index < -0.39 is 0 Å². The highest BCUT2D eigenvalue weighted by molar-refractivity contribution is 5.99. The van der Waals surface area contributed by atoms with E-state index in [0.717, 1.165) is 37.1 Å². The van der Waals surface area contributed by atoms with Gasteiger partial charge in [-0.2, -0.15) is 0 Å². The van der Waals surface area contributed by atoms with Crippen molar-refractivity contribution in [2.45, 2.75) is 58.4 Å². The number of aryl methyl sites for hydroxylation is 2. The fourth-order valence-corrected chi connectivity index (χ4v) is 2.91. The Morgan fingerprint density at radius 3 is 2.80 bits per heavy atom. The van der Waals surface area contributed by atoms with E-state index in [1.807, 2.05) is 0 Å². The molecule has 4 heteroatoms. The van der Waals surface area contributed by atoms with Crippen LogP contribution in [-0.4, -0.2) is 23.9 Å². The number of nitrogens with one attached hydrogen (secondary N) is 1. The number of nitrogen functional groups attached to an aromatic ring is 1. The third-order valence-electron chi connectivity index (χ3n) is 4.27. The van der Waals surface area contributed by atoms with Gasteiger partial charge in [-0.25, -0.2) is 4.98 Å². The molecular formula is C16H26N4. The van der Waals surface area contributed by atoms with Crippen molar-refractivity contribution < 1.29 is 0 Å². The summed E-state index contributed by atoms with van der Waals surface area (Å²) in [7, 11) is 2.06. The molecule has 0 fully saturated rings. The minimum absolute atomic E-state index is 0.122. The van der Waals surface area contributed by atoms with Gasteiger partial charge in [-0.05, 0) is 50.7 Å². The fraction of sp³-hybridized carbons (Fsp3) is 0.625. The van der Waals surface area contributed by atoms with Crippen LogP contribution in [0.25, 0.3) is 0 Å². The molecule has 0 aliphatic heterocycles. The minimum Gasteiger partial charge on any atom is -0.384 e. The van der Waals surface area contributed by atoms with Crippen LogP contribution in [0.1, 0.15) is 56.4 Å². The SMILES string of the molecule is CCCC(C)N(C)c1nc2c(cc1C(=N)N)CCCC2. The van der Waals surface area contributed by atoms with Crippen LogP contribution in [0.3, 0.4) is 0 Å². The molecule has 0 spiro atoms. The van der Waals surface area contributed by atoms with Crippen molar-refractivity contribution in [2.75, 3.05) is 11.9 Å². The number of pyridine rings is 1. The standard InChI is InChI=1S/C16H26N4/c1-4-7-11(2)20(3)16-13(15(17)18)10-12-8-5-6-9-14(12)19-16/h10-11H,4-9H2,1-3H3,(H3,17,18). The predicted molar refractivity (Wildman–Crippen MR) is 84.7 cm³/mol. The lowest BCUT2D eigenvalue weighted by Gasteiger charge is -2.29. The van der Waals surface area contributed by atoms with Gasteiger partial charge in [-0.15, -0.1) is 0 Å². The molecule has 1 atom stereocenters. The summed E-state index contributed by atoms with van der Waals surface area (Å²) in [6, 6.07) is 2.50. The number of amidine groups is 1. The highest BCUT2D eigenvalue weighted by atomic mass is 15.2. The number of nitrogens with zero attached hydrogens (tertiary/aromatic N) is 2. The van der Waals surface area contributed by atoms with Crippen molar-refractivity contribution in [3.63, 3.8) is 0 Å². The van der Waals surface area contributed by atoms with Crippen LogP contribution < -0.4 is 10.6 Å². The summed E-state index contributed by atoms with van der Waals surface area (Å²) >= 11 is 0. The molecule has 1 aliphatic rings. The third kappa shape index (κ3) is 2.94. The van der Waals surface area contributed by atoms with Gasteiger partial charge in [-0.3, -0.25) is 5.41 Å². The molecule has 0 radical (unpaired) electrons. The van der Waals surface area contributed by atoms with Crippen LogP contribution in [0.2, 0.25) is 0 Å². The van der Waals surface area contributed by atoms with Crippen LogP contribution >= 0.6 is 0 Å². The molecule has 1 aromatic rings. The van der Waals surface area contributed by atoms with Gasteiger partial charge in [0.15, 0.2) is 0 Å². The maximum absolute atomic E-state index is 7.84. The summed E-state index contributed by atoms with van der Waals surface area (Å²) in [5.41, 5.74) is 9.04. The van der Waals surface area contributed by atoms with E-state index in [9.17, 15) is 0 Å². The van der Waals surface area contributed by atoms with E-state index in [2.05, 4.69) is 31.9 Å². The molecule has 0 saturated heterocycles. The number of rotatable bonds is 5. The lowest BCUT2D eigenvalue weighted by Crippen LogP contribution is -2.32. The maximum atomic E-state index is 7.84. The first-order valence-corrected chi connectivity index (χ1v) is 7.64. The van der Waals surface area contributed by atoms with Crippen molar-refractivity contribution in [1.82, 2.24) is 4.98 Å². The quantitative estimate of drug-likeness (QED) is 0.641. The molecule has 1 aliphatic carbocycles. The van der Waals surface area contributed by atoms with Crippen LogP contribution in [0.5, 0.6) is 0 Å². The van der Waals surface area contributed by atoms with Gasteiger partial charge in [0.05, 0.1) is 5.56 Å². The van der Waals surface area contributed by atoms with E-state index in [1.165, 1.54) is 24.1 Å². The van der Waals surface area contributed by atoms with Gasteiger partial charge in [0.1, 0.15) is 11.7 Å². The molecule has 20 heavy (non-hydrogen) atoms. The zero-order valence-corrected chi connectivity index (χ0v) is 12.9. The van der Waals surface area contributed by atoms with Gasteiger partial charge in [0.2, 0.25) is 0 Å². The number of hydrogen-bond donors (Lipinski definition) is 2. The van der Waals surface area contributed by atoms with Crippen LogP contribution in [0.15, 0.2) is 6.07 Å². The minimum atomic E-state index is 0.122. The van der Waals surface area contributed by atoms with E-state index in [0.29, 0.717) is 6.04 Å². The molecule has 0 bridgehead atoms. The highest BCUT2D eigenvalue weighted by Crippen LogP contribution is 2.27. The largest absolute Gasteiger partial charge is 0.384 e. The van der Waals surface area contributed by atoms with E-state index >= 15 is 0 Å². The summed E-state index contributed by atoms with van der Waals surface area (Å²) < 4.78 is 0. The lowest BCUT2D eigenvalue weighted by molar-refractivity contribution is 0.605. The Morgan fingerprint density at radius 2 is 2.15 bits per heavy atom. The van der Waals surface area contributed by atoms with Crippen LogP contribution in [0, 0.1) is 5.41 Å². The second kappa shape index (κ2) is 6.25. The first kappa shape index (κ1) is 14.8. The number of hydrogen-bond acceptors (Lipinski definition) is 3. The third-order valence-corrected chi connectivity index (χ3v) is 4.27. The van der Waals surface area contributed by atoms with E-state index in [4.69, 9.17) is 16.1 Å². The zero-order chi connectivity index (χ0) is 14.7. The molecule has 0 amide bonds. The number of aromatic nitrogens is 1. The molecule has 0 saturated carbocycles. The summed E-state index contributed by atoms with van der Waals surface area (Å²) in [5, 5.41) is 7.84. The average molecular weight is 274 g/mol. The Bertz CT molecular complexity index is 495. The number of fused-ring (bicyclic) bond motifs is 1. The number of nitrogens with two attached hydrogens (primary N) is 1. The zero-order valence-electron chi connectivity index (χ0n) is 12.9. The van der Waals surface area contributed by atoms with Gasteiger partial charge >= 0.3 is 0 Å². The topological polar surface area (TPSA) is 66.0 Å². The monoisotopic (exact) mass is 274 g/mol. The van der Waals surface area contributed by atoms with Gasteiger partial charge in [-0.1, -0.05) is 13.3 Å². The molecule has 1 aromatic heterocycles. The summed E-state index contributed by atoms with van der Waals surface area (Å²) in [6.45, 7) is 4.39. The molecule has 1 unspecified atom stereocenters. The lowest BCUT2D eigenvalue weighted by atomic mass is 9.94. The Morgan fingerprint density at radius 1 is 1.45 bits per heavy atom. The van der Waals surface area contributed by atoms with Gasteiger partial charge in [0.25, 0.3) is 0 Å². The smallest absolute Gasteiger partial charge is 0.139 e. The second-order valence-electron chi connectivity index (χ2n) is 5.83. The Labute approximate surface area is 121 Å². The maximum Gasteiger partial charge on any atom is 0.139 e. The fourth-order valence-electron chi connectivity index (χ4n) is 2.91. The van der Waals surface area contributed by atoms with Crippen molar-refractivity contribution in [2.24, 2.45) is 5.73 Å². The highest BCUT2D eigenvalue weighted by Gasteiger charge is 2.20. The van der Waals surface area contributed by atoms with Crippen molar-refractivity contribution in [3.8, 4) is 0 Å². The normalized spacial score (nSPS) is 15.6. The summed E-state index contributed by atoms with van der Waals surface area (Å²) in [4.78, 5) is 7.02. The molecule has 1 heterocycles. The van der Waals surface area contributed by atoms with Crippen LogP contribution in [-0.2, 0) is 12.8 Å². The van der Waals surface area contributed by atoms with Gasteiger partial charge < -0.3 is 10.6 Å². The number of anilines is 1. The Balaban J connectivity index is 2.41. The van der Waals surface area contributed by atoms with Gasteiger partial charge in [0, 0.05) is 18.8 Å². The molecule has 3 N–H and O–H groups in total. The summed E-state index contributed by atoms with van der Waals surface area (Å²) in [6.07, 6.45) is 6.81. The Kier molecular flexibility index (Phi) is 4.63. The molecule has 0 aromatic carbocycles. The molecule has 4 nitrogen and oxygen atoms in total. The molecule has 110 valence electrons. The average Bonchev–Trinajstić information content (AvgIpc) is 2.45. The van der Waals surface area contributed by atoms with E-state index in [-0.39, 0.29) is 5.84 Å². The first-order valence-electron chi connectivity index (χ1n) is 7.64. The Hall–Kier alpha value is -1.58. The molecule has 2 rings (SSSR count). The molecular weight excluding hydrogens is 248 g/mol. The second-order valence-corrected chi connectivity index (χ2v) is 5.83. The van der Waals surface area contributed by atoms with Crippen LogP contribution in [0.4, 0.5) is 5.82 Å². The summed E-state index contributed by atoms with van der Waals surface area (Å²) in [5.74, 6) is 0.996. The predicted octanol–water partition coefficient (Wildman–Crippen LogP) is 2.87. The van der Waals surface area contributed by atoms with Crippen molar-refractivity contribution in [3.05, 3.63) is 22.9 Å².